The van der Waals surface area contributed by atoms with Gasteiger partial charge in [0.05, 0.1) is 5.71 Å². The number of benzene rings is 2. The number of rotatable bonds is 5. The molecule has 3 rings (SSSR count). The van der Waals surface area contributed by atoms with E-state index in [2.05, 4.69) is 57.3 Å². The van der Waals surface area contributed by atoms with Gasteiger partial charge in [-0.25, -0.2) is 4.98 Å². The third-order valence-electron chi connectivity index (χ3n) is 4.61. The molecule has 0 saturated heterocycles. The van der Waals surface area contributed by atoms with Crippen molar-refractivity contribution in [2.24, 2.45) is 5.16 Å². The zero-order chi connectivity index (χ0) is 19.4. The molecule has 5 heteroatoms. The van der Waals surface area contributed by atoms with Gasteiger partial charge in [0.25, 0.3) is 0 Å². The van der Waals surface area contributed by atoms with Crippen LogP contribution in [0.1, 0.15) is 40.3 Å². The van der Waals surface area contributed by atoms with Crippen LogP contribution >= 0.6 is 15.9 Å². The summed E-state index contributed by atoms with van der Waals surface area (Å²) in [6.07, 6.45) is 0.436. The van der Waals surface area contributed by atoms with E-state index in [4.69, 9.17) is 0 Å². The second-order valence-electron chi connectivity index (χ2n) is 6.53. The van der Waals surface area contributed by atoms with Crippen molar-refractivity contribution in [2.45, 2.75) is 26.2 Å². The molecule has 0 aliphatic carbocycles. The van der Waals surface area contributed by atoms with Crippen molar-refractivity contribution in [2.75, 3.05) is 0 Å². The molecule has 0 aliphatic rings. The summed E-state index contributed by atoms with van der Waals surface area (Å²) < 4.78 is 14.8. The van der Waals surface area contributed by atoms with Gasteiger partial charge in [0, 0.05) is 34.1 Å². The third kappa shape index (κ3) is 4.61. The highest BCUT2D eigenvalue weighted by Gasteiger charge is 2.21. The topological polar surface area (TPSA) is 45.5 Å². The molecule has 27 heavy (non-hydrogen) atoms. The average molecular weight is 427 g/mol. The van der Waals surface area contributed by atoms with Crippen LogP contribution in [0.4, 0.5) is 4.39 Å². The van der Waals surface area contributed by atoms with Crippen LogP contribution in [0.15, 0.2) is 70.3 Å². The number of aryl methyl sites for hydroxylation is 2. The summed E-state index contributed by atoms with van der Waals surface area (Å²) in [5, 5.41) is 13.1. The van der Waals surface area contributed by atoms with Crippen molar-refractivity contribution in [3.63, 3.8) is 0 Å². The zero-order valence-corrected chi connectivity index (χ0v) is 16.7. The molecule has 0 amide bonds. The molecule has 138 valence electrons. The summed E-state index contributed by atoms with van der Waals surface area (Å²) in [4.78, 5) is 3.76. The van der Waals surface area contributed by atoms with Crippen LogP contribution in [-0.2, 0) is 0 Å². The van der Waals surface area contributed by atoms with E-state index in [0.717, 1.165) is 21.2 Å². The Kier molecular flexibility index (Phi) is 6.01. The molecule has 3 nitrogen and oxygen atoms in total. The highest BCUT2D eigenvalue weighted by Crippen LogP contribution is 2.32. The smallest absolute Gasteiger partial charge is 0.213 e. The van der Waals surface area contributed by atoms with E-state index in [1.165, 1.54) is 6.07 Å². The Morgan fingerprint density at radius 2 is 1.81 bits per heavy atom. The van der Waals surface area contributed by atoms with Crippen molar-refractivity contribution in [1.82, 2.24) is 4.98 Å². The van der Waals surface area contributed by atoms with E-state index >= 15 is 0 Å². The molecule has 0 spiro atoms. The largest absolute Gasteiger partial charge is 0.411 e. The quantitative estimate of drug-likeness (QED) is 0.235. The molecule has 1 N–H and O–H groups in total. The minimum atomic E-state index is -0.581. The first-order valence-electron chi connectivity index (χ1n) is 8.64. The van der Waals surface area contributed by atoms with Gasteiger partial charge in [-0.2, -0.15) is 4.39 Å². The van der Waals surface area contributed by atoms with Crippen LogP contribution < -0.4 is 0 Å². The second kappa shape index (κ2) is 8.44. The fraction of sp³-hybridized carbons (Fsp3) is 0.182. The first-order chi connectivity index (χ1) is 13.0. The molecular formula is C22H20BrFN2O. The van der Waals surface area contributed by atoms with Crippen LogP contribution in [0.2, 0.25) is 0 Å². The first kappa shape index (κ1) is 19.2. The van der Waals surface area contributed by atoms with Crippen molar-refractivity contribution < 1.29 is 9.60 Å². The minimum absolute atomic E-state index is 0.0262. The number of oxime groups is 1. The molecule has 0 saturated carbocycles. The summed E-state index contributed by atoms with van der Waals surface area (Å²) in [5.41, 5.74) is 4.91. The molecule has 1 atom stereocenters. The number of hydrogen-bond donors (Lipinski definition) is 1. The lowest BCUT2D eigenvalue weighted by molar-refractivity contribution is 0.317. The summed E-state index contributed by atoms with van der Waals surface area (Å²) in [5.74, 6) is -0.607. The van der Waals surface area contributed by atoms with Gasteiger partial charge in [0.1, 0.15) is 0 Å². The molecule has 3 aromatic rings. The standard InChI is InChI=1S/C22H20BrFN2O/c1-14-5-3-4-6-19(14)20(16-7-9-18(23)10-8-16)13-21(26-27)17-11-15(2)25-22(24)12-17/h3-12,20,27H,13H2,1-2H3/b26-21-. The molecule has 0 fully saturated rings. The highest BCUT2D eigenvalue weighted by molar-refractivity contribution is 9.10. The summed E-state index contributed by atoms with van der Waals surface area (Å²) in [6.45, 7) is 3.78. The molecule has 1 aromatic heterocycles. The lowest BCUT2D eigenvalue weighted by atomic mass is 9.83. The molecule has 0 bridgehead atoms. The van der Waals surface area contributed by atoms with Crippen molar-refractivity contribution in [3.8, 4) is 0 Å². The average Bonchev–Trinajstić information content (AvgIpc) is 2.64. The fourth-order valence-electron chi connectivity index (χ4n) is 3.28. The Morgan fingerprint density at radius 1 is 1.11 bits per heavy atom. The van der Waals surface area contributed by atoms with E-state index < -0.39 is 5.95 Å². The van der Waals surface area contributed by atoms with Gasteiger partial charge in [-0.05, 0) is 48.7 Å². The van der Waals surface area contributed by atoms with Crippen LogP contribution in [0.3, 0.4) is 0 Å². The number of aromatic nitrogens is 1. The molecule has 0 radical (unpaired) electrons. The van der Waals surface area contributed by atoms with Crippen molar-refractivity contribution >= 4 is 21.6 Å². The van der Waals surface area contributed by atoms with Crippen LogP contribution in [0.5, 0.6) is 0 Å². The SMILES string of the molecule is Cc1cc(/C(CC(c2ccc(Br)cc2)c2ccccc2C)=N\O)cc(F)n1. The normalized spacial score (nSPS) is 12.8. The van der Waals surface area contributed by atoms with E-state index in [-0.39, 0.29) is 5.92 Å². The maximum Gasteiger partial charge on any atom is 0.213 e. The fourth-order valence-corrected chi connectivity index (χ4v) is 3.55. The van der Waals surface area contributed by atoms with Crippen LogP contribution in [0, 0.1) is 19.8 Å². The minimum Gasteiger partial charge on any atom is -0.411 e. The molecule has 0 aliphatic heterocycles. The zero-order valence-electron chi connectivity index (χ0n) is 15.2. The van der Waals surface area contributed by atoms with E-state index in [1.54, 1.807) is 13.0 Å². The molecule has 1 heterocycles. The number of hydrogen-bond acceptors (Lipinski definition) is 3. The van der Waals surface area contributed by atoms with Gasteiger partial charge in [0.2, 0.25) is 5.95 Å². The number of pyridine rings is 1. The predicted molar refractivity (Wildman–Crippen MR) is 109 cm³/mol. The summed E-state index contributed by atoms with van der Waals surface area (Å²) in [7, 11) is 0. The van der Waals surface area contributed by atoms with Gasteiger partial charge in [0.15, 0.2) is 0 Å². The van der Waals surface area contributed by atoms with Crippen LogP contribution in [0.25, 0.3) is 0 Å². The maximum atomic E-state index is 13.8. The van der Waals surface area contributed by atoms with E-state index in [1.807, 2.05) is 24.3 Å². The molecular weight excluding hydrogens is 407 g/mol. The Bertz CT molecular complexity index is 950. The maximum absolute atomic E-state index is 13.8. The lowest BCUT2D eigenvalue weighted by Crippen LogP contribution is -2.12. The van der Waals surface area contributed by atoms with Crippen molar-refractivity contribution in [3.05, 3.63) is 99.0 Å². The van der Waals surface area contributed by atoms with E-state index in [9.17, 15) is 9.60 Å². The van der Waals surface area contributed by atoms with Gasteiger partial charge < -0.3 is 5.21 Å². The Hall–Kier alpha value is -2.53. The lowest BCUT2D eigenvalue weighted by Gasteiger charge is -2.21. The number of nitrogens with zero attached hydrogens (tertiary/aromatic N) is 2. The molecule has 2 aromatic carbocycles. The Labute approximate surface area is 166 Å². The Balaban J connectivity index is 2.05. The third-order valence-corrected chi connectivity index (χ3v) is 5.14. The summed E-state index contributed by atoms with van der Waals surface area (Å²) >= 11 is 3.47. The van der Waals surface area contributed by atoms with Crippen LogP contribution in [-0.4, -0.2) is 15.9 Å². The van der Waals surface area contributed by atoms with Gasteiger partial charge in [-0.1, -0.05) is 57.5 Å². The van der Waals surface area contributed by atoms with Crippen molar-refractivity contribution in [1.29, 1.82) is 0 Å². The highest BCUT2D eigenvalue weighted by atomic mass is 79.9. The Morgan fingerprint density at radius 3 is 2.44 bits per heavy atom. The van der Waals surface area contributed by atoms with Gasteiger partial charge in [-0.15, -0.1) is 0 Å². The first-order valence-corrected chi connectivity index (χ1v) is 9.43. The monoisotopic (exact) mass is 426 g/mol. The van der Waals surface area contributed by atoms with E-state index in [0.29, 0.717) is 23.4 Å². The van der Waals surface area contributed by atoms with Gasteiger partial charge in [-0.3, -0.25) is 0 Å². The summed E-state index contributed by atoms with van der Waals surface area (Å²) in [6, 6.07) is 19.3. The number of halogens is 2. The molecule has 1 unspecified atom stereocenters. The second-order valence-corrected chi connectivity index (χ2v) is 7.45. The van der Waals surface area contributed by atoms with Gasteiger partial charge >= 0.3 is 0 Å². The predicted octanol–water partition coefficient (Wildman–Crippen LogP) is 6.00.